The molecule has 2 nitrogen and oxygen atoms in total. The van der Waals surface area contributed by atoms with Crippen LogP contribution in [-0.2, 0) is 0 Å². The lowest BCUT2D eigenvalue weighted by Gasteiger charge is -2.39. The molecule has 2 aliphatic rings. The largest absolute Gasteiger partial charge is 0.492 e. The molecule has 0 aromatic heterocycles. The average Bonchev–Trinajstić information content (AvgIpc) is 2.29. The van der Waals surface area contributed by atoms with E-state index in [1.54, 1.807) is 0 Å². The number of rotatable bonds is 0. The molecule has 3 heteroatoms. The first kappa shape index (κ1) is 9.16. The topological polar surface area (TPSA) is 21.3 Å². The van der Waals surface area contributed by atoms with Crippen LogP contribution in [-0.4, -0.2) is 25.4 Å². The van der Waals surface area contributed by atoms with Crippen LogP contribution in [0.5, 0.6) is 5.75 Å². The Morgan fingerprint density at radius 1 is 1.33 bits per heavy atom. The van der Waals surface area contributed by atoms with E-state index in [-0.39, 0.29) is 12.0 Å². The van der Waals surface area contributed by atoms with Gasteiger partial charge in [-0.15, -0.1) is 0 Å². The van der Waals surface area contributed by atoms with Crippen molar-refractivity contribution >= 4 is 0 Å². The van der Waals surface area contributed by atoms with Crippen LogP contribution in [0.15, 0.2) is 24.3 Å². The number of ether oxygens (including phenoxy) is 1. The number of para-hydroxylation sites is 1. The number of alkyl halides is 1. The fourth-order valence-corrected chi connectivity index (χ4v) is 2.61. The molecule has 0 saturated carbocycles. The van der Waals surface area contributed by atoms with E-state index >= 15 is 0 Å². The van der Waals surface area contributed by atoms with Crippen molar-refractivity contribution in [3.05, 3.63) is 29.8 Å². The Hall–Kier alpha value is -1.09. The zero-order valence-electron chi connectivity index (χ0n) is 8.45. The highest BCUT2D eigenvalue weighted by atomic mass is 19.1. The summed E-state index contributed by atoms with van der Waals surface area (Å²) in [5.74, 6) is 0.828. The van der Waals surface area contributed by atoms with E-state index in [4.69, 9.17) is 4.74 Å². The Morgan fingerprint density at radius 3 is 3.13 bits per heavy atom. The van der Waals surface area contributed by atoms with Crippen molar-refractivity contribution in [2.45, 2.75) is 24.6 Å². The number of hydrogen-bond acceptors (Lipinski definition) is 2. The first-order valence-electron chi connectivity index (χ1n) is 5.45. The standard InChI is InChI=1S/C12H14FNO/c13-9-5-6-14-10-7-15-11-4-2-1-3-8(11)12(9)10/h1-4,9-10,12,14H,5-7H2. The fourth-order valence-electron chi connectivity index (χ4n) is 2.61. The number of benzene rings is 1. The third-order valence-corrected chi connectivity index (χ3v) is 3.35. The molecule has 2 aliphatic heterocycles. The van der Waals surface area contributed by atoms with Crippen LogP contribution in [0.3, 0.4) is 0 Å². The minimum absolute atomic E-state index is 0.0244. The highest BCUT2D eigenvalue weighted by Crippen LogP contribution is 2.39. The third kappa shape index (κ3) is 1.42. The SMILES string of the molecule is FC1CCNC2COc3ccccc3C12. The first-order chi connectivity index (χ1) is 7.36. The van der Waals surface area contributed by atoms with Gasteiger partial charge in [0.25, 0.3) is 0 Å². The summed E-state index contributed by atoms with van der Waals surface area (Å²) in [5.41, 5.74) is 1.02. The molecule has 3 atom stereocenters. The molecule has 0 bridgehead atoms. The van der Waals surface area contributed by atoms with Crippen LogP contribution in [0.25, 0.3) is 0 Å². The van der Waals surface area contributed by atoms with Crippen LogP contribution >= 0.6 is 0 Å². The van der Waals surface area contributed by atoms with Crippen molar-refractivity contribution in [2.24, 2.45) is 0 Å². The zero-order valence-corrected chi connectivity index (χ0v) is 8.45. The third-order valence-electron chi connectivity index (χ3n) is 3.35. The predicted molar refractivity (Wildman–Crippen MR) is 56.0 cm³/mol. The van der Waals surface area contributed by atoms with Crippen molar-refractivity contribution in [3.63, 3.8) is 0 Å². The molecular weight excluding hydrogens is 193 g/mol. The van der Waals surface area contributed by atoms with Gasteiger partial charge in [-0.05, 0) is 19.0 Å². The van der Waals surface area contributed by atoms with Gasteiger partial charge in [-0.1, -0.05) is 18.2 Å². The van der Waals surface area contributed by atoms with Crippen molar-refractivity contribution in [3.8, 4) is 5.75 Å². The van der Waals surface area contributed by atoms with Gasteiger partial charge in [-0.2, -0.15) is 0 Å². The monoisotopic (exact) mass is 207 g/mol. The summed E-state index contributed by atoms with van der Waals surface area (Å²) in [6.45, 7) is 1.34. The maximum absolute atomic E-state index is 13.9. The summed E-state index contributed by atoms with van der Waals surface area (Å²) in [6, 6.07) is 7.93. The average molecular weight is 207 g/mol. The van der Waals surface area contributed by atoms with E-state index in [0.29, 0.717) is 13.0 Å². The quantitative estimate of drug-likeness (QED) is 0.701. The molecule has 15 heavy (non-hydrogen) atoms. The maximum Gasteiger partial charge on any atom is 0.123 e. The van der Waals surface area contributed by atoms with E-state index in [1.807, 2.05) is 24.3 Å². The molecule has 80 valence electrons. The van der Waals surface area contributed by atoms with E-state index in [2.05, 4.69) is 5.32 Å². The summed E-state index contributed by atoms with van der Waals surface area (Å²) in [7, 11) is 0. The van der Waals surface area contributed by atoms with E-state index < -0.39 is 6.17 Å². The molecule has 1 fully saturated rings. The van der Waals surface area contributed by atoms with Gasteiger partial charge in [-0.25, -0.2) is 4.39 Å². The minimum Gasteiger partial charge on any atom is -0.492 e. The second-order valence-electron chi connectivity index (χ2n) is 4.24. The minimum atomic E-state index is -0.735. The molecule has 0 spiro atoms. The number of hydrogen-bond donors (Lipinski definition) is 1. The number of halogens is 1. The van der Waals surface area contributed by atoms with Crippen molar-refractivity contribution in [1.82, 2.24) is 5.32 Å². The van der Waals surface area contributed by atoms with Crippen LogP contribution < -0.4 is 10.1 Å². The molecule has 2 heterocycles. The van der Waals surface area contributed by atoms with E-state index in [9.17, 15) is 4.39 Å². The Bertz CT molecular complexity index is 368. The summed E-state index contributed by atoms with van der Waals surface area (Å²) in [6.07, 6.45) is -0.128. The van der Waals surface area contributed by atoms with Gasteiger partial charge in [0.1, 0.15) is 18.5 Å². The summed E-state index contributed by atoms with van der Waals surface area (Å²) >= 11 is 0. The summed E-state index contributed by atoms with van der Waals surface area (Å²) < 4.78 is 19.5. The lowest BCUT2D eigenvalue weighted by atomic mass is 9.82. The molecule has 1 saturated heterocycles. The van der Waals surface area contributed by atoms with Crippen molar-refractivity contribution in [1.29, 1.82) is 0 Å². The predicted octanol–water partition coefficient (Wildman–Crippen LogP) is 1.86. The van der Waals surface area contributed by atoms with E-state index in [0.717, 1.165) is 17.9 Å². The Kier molecular flexibility index (Phi) is 2.13. The number of piperidine rings is 1. The zero-order chi connectivity index (χ0) is 10.3. The Labute approximate surface area is 88.4 Å². The lowest BCUT2D eigenvalue weighted by molar-refractivity contribution is 0.123. The van der Waals surface area contributed by atoms with Gasteiger partial charge in [0.15, 0.2) is 0 Å². The molecule has 1 N–H and O–H groups in total. The molecule has 0 aliphatic carbocycles. The first-order valence-corrected chi connectivity index (χ1v) is 5.45. The van der Waals surface area contributed by atoms with Crippen LogP contribution in [0.2, 0.25) is 0 Å². The second-order valence-corrected chi connectivity index (χ2v) is 4.24. The van der Waals surface area contributed by atoms with Gasteiger partial charge < -0.3 is 10.1 Å². The summed E-state index contributed by atoms with van der Waals surface area (Å²) in [5, 5.41) is 3.33. The van der Waals surface area contributed by atoms with Crippen LogP contribution in [0, 0.1) is 0 Å². The Balaban J connectivity index is 2.02. The second kappa shape index (κ2) is 3.49. The highest BCUT2D eigenvalue weighted by Gasteiger charge is 2.39. The molecule has 0 radical (unpaired) electrons. The number of nitrogens with one attached hydrogen (secondary N) is 1. The van der Waals surface area contributed by atoms with Crippen LogP contribution in [0.4, 0.5) is 4.39 Å². The van der Waals surface area contributed by atoms with Crippen molar-refractivity contribution in [2.75, 3.05) is 13.2 Å². The van der Waals surface area contributed by atoms with Crippen LogP contribution in [0.1, 0.15) is 17.9 Å². The molecule has 3 rings (SSSR count). The lowest BCUT2D eigenvalue weighted by Crippen LogP contribution is -2.50. The normalized spacial score (nSPS) is 33.8. The van der Waals surface area contributed by atoms with E-state index in [1.165, 1.54) is 0 Å². The summed E-state index contributed by atoms with van der Waals surface area (Å²) in [4.78, 5) is 0. The van der Waals surface area contributed by atoms with Gasteiger partial charge in [0.2, 0.25) is 0 Å². The van der Waals surface area contributed by atoms with Gasteiger partial charge >= 0.3 is 0 Å². The van der Waals surface area contributed by atoms with Gasteiger partial charge in [0, 0.05) is 11.5 Å². The van der Waals surface area contributed by atoms with Crippen molar-refractivity contribution < 1.29 is 9.13 Å². The molecule has 3 unspecified atom stereocenters. The molecule has 0 amide bonds. The molecule has 1 aromatic rings. The molecule has 1 aromatic carbocycles. The smallest absolute Gasteiger partial charge is 0.123 e. The fraction of sp³-hybridized carbons (Fsp3) is 0.500. The highest BCUT2D eigenvalue weighted by molar-refractivity contribution is 5.40. The number of fused-ring (bicyclic) bond motifs is 3. The van der Waals surface area contributed by atoms with Gasteiger partial charge in [0.05, 0.1) is 6.04 Å². The van der Waals surface area contributed by atoms with Gasteiger partial charge in [-0.3, -0.25) is 0 Å². The maximum atomic E-state index is 13.9. The Morgan fingerprint density at radius 2 is 2.20 bits per heavy atom. The molecular formula is C12H14FNO.